The highest BCUT2D eigenvalue weighted by atomic mass is 16.5. The third-order valence-corrected chi connectivity index (χ3v) is 5.61. The van der Waals surface area contributed by atoms with E-state index in [4.69, 9.17) is 4.52 Å². The average molecular weight is 377 g/mol. The number of carbonyl (C=O) groups is 2. The average Bonchev–Trinajstić information content (AvgIpc) is 2.94. The van der Waals surface area contributed by atoms with E-state index in [2.05, 4.69) is 20.8 Å². The predicted molar refractivity (Wildman–Crippen MR) is 99.9 cm³/mol. The third-order valence-electron chi connectivity index (χ3n) is 5.61. The number of urea groups is 1. The minimum Gasteiger partial charge on any atom is -0.353 e. The molecule has 1 saturated heterocycles. The lowest BCUT2D eigenvalue weighted by atomic mass is 9.95. The summed E-state index contributed by atoms with van der Waals surface area (Å²) in [5, 5.41) is 9.87. The van der Waals surface area contributed by atoms with Gasteiger partial charge < -0.3 is 20.1 Å². The normalized spacial score (nSPS) is 20.7. The van der Waals surface area contributed by atoms with E-state index in [-0.39, 0.29) is 23.9 Å². The standard InChI is InChI=1S/C19H31N5O3/c1-13(18-21-14(2)23-27-18)20-19(26)24-11-9-15(10-12-24)17(25)22-16-7-5-3-4-6-8-16/h13,15-16H,3-12H2,1-2H3,(H,20,26)(H,22,25). The summed E-state index contributed by atoms with van der Waals surface area (Å²) in [6.45, 7) is 4.73. The molecule has 1 aromatic heterocycles. The van der Waals surface area contributed by atoms with Crippen LogP contribution in [0.4, 0.5) is 4.79 Å². The summed E-state index contributed by atoms with van der Waals surface area (Å²) in [6, 6.07) is -0.157. The van der Waals surface area contributed by atoms with E-state index in [0.717, 1.165) is 12.8 Å². The van der Waals surface area contributed by atoms with Crippen molar-refractivity contribution in [1.29, 1.82) is 0 Å². The highest BCUT2D eigenvalue weighted by Gasteiger charge is 2.29. The maximum absolute atomic E-state index is 12.6. The molecular formula is C19H31N5O3. The van der Waals surface area contributed by atoms with E-state index in [1.165, 1.54) is 25.7 Å². The van der Waals surface area contributed by atoms with Crippen molar-refractivity contribution < 1.29 is 14.1 Å². The zero-order chi connectivity index (χ0) is 19.2. The molecule has 1 aromatic rings. The predicted octanol–water partition coefficient (Wildman–Crippen LogP) is 2.70. The zero-order valence-corrected chi connectivity index (χ0v) is 16.4. The van der Waals surface area contributed by atoms with Gasteiger partial charge in [0.25, 0.3) is 0 Å². The van der Waals surface area contributed by atoms with Gasteiger partial charge in [-0.2, -0.15) is 4.98 Å². The van der Waals surface area contributed by atoms with Crippen LogP contribution in [-0.2, 0) is 4.79 Å². The number of aromatic nitrogens is 2. The highest BCUT2D eigenvalue weighted by molar-refractivity contribution is 5.80. The summed E-state index contributed by atoms with van der Waals surface area (Å²) < 4.78 is 5.10. The molecule has 2 fully saturated rings. The van der Waals surface area contributed by atoms with Gasteiger partial charge in [-0.25, -0.2) is 4.79 Å². The molecule has 2 N–H and O–H groups in total. The Morgan fingerprint density at radius 3 is 2.37 bits per heavy atom. The molecule has 0 aromatic carbocycles. The van der Waals surface area contributed by atoms with Crippen LogP contribution in [0.5, 0.6) is 0 Å². The Morgan fingerprint density at radius 2 is 1.78 bits per heavy atom. The quantitative estimate of drug-likeness (QED) is 0.786. The monoisotopic (exact) mass is 377 g/mol. The number of nitrogens with one attached hydrogen (secondary N) is 2. The Balaban J connectivity index is 1.42. The molecule has 1 aliphatic heterocycles. The third kappa shape index (κ3) is 5.43. The van der Waals surface area contributed by atoms with Crippen molar-refractivity contribution >= 4 is 11.9 Å². The molecule has 0 spiro atoms. The molecule has 0 radical (unpaired) electrons. The minimum absolute atomic E-state index is 0.00770. The summed E-state index contributed by atoms with van der Waals surface area (Å²) in [5.74, 6) is 1.12. The van der Waals surface area contributed by atoms with Gasteiger partial charge >= 0.3 is 6.03 Å². The number of amides is 3. The Hall–Kier alpha value is -2.12. The van der Waals surface area contributed by atoms with Crippen molar-refractivity contribution in [3.63, 3.8) is 0 Å². The summed E-state index contributed by atoms with van der Waals surface area (Å²) in [5.41, 5.74) is 0. The van der Waals surface area contributed by atoms with Gasteiger partial charge in [-0.3, -0.25) is 4.79 Å². The van der Waals surface area contributed by atoms with E-state index in [9.17, 15) is 9.59 Å². The molecular weight excluding hydrogens is 346 g/mol. The first-order valence-corrected chi connectivity index (χ1v) is 10.2. The first-order chi connectivity index (χ1) is 13.0. The summed E-state index contributed by atoms with van der Waals surface area (Å²) in [7, 11) is 0. The van der Waals surface area contributed by atoms with E-state index in [0.29, 0.717) is 43.7 Å². The van der Waals surface area contributed by atoms with Crippen molar-refractivity contribution in [2.24, 2.45) is 5.92 Å². The molecule has 0 bridgehead atoms. The Morgan fingerprint density at radius 1 is 1.11 bits per heavy atom. The van der Waals surface area contributed by atoms with Crippen LogP contribution in [0.15, 0.2) is 4.52 Å². The molecule has 2 heterocycles. The van der Waals surface area contributed by atoms with Crippen molar-refractivity contribution in [3.8, 4) is 0 Å². The fourth-order valence-electron chi connectivity index (χ4n) is 3.91. The molecule has 8 nitrogen and oxygen atoms in total. The van der Waals surface area contributed by atoms with E-state index < -0.39 is 0 Å². The molecule has 1 saturated carbocycles. The number of piperidine rings is 1. The number of hydrogen-bond acceptors (Lipinski definition) is 5. The number of carbonyl (C=O) groups excluding carboxylic acids is 2. The number of rotatable bonds is 4. The van der Waals surface area contributed by atoms with Crippen molar-refractivity contribution in [2.75, 3.05) is 13.1 Å². The molecule has 1 aliphatic carbocycles. The summed E-state index contributed by atoms with van der Waals surface area (Å²) in [6.07, 6.45) is 8.59. The van der Waals surface area contributed by atoms with Crippen LogP contribution in [0.3, 0.4) is 0 Å². The van der Waals surface area contributed by atoms with Gasteiger partial charge in [0.2, 0.25) is 11.8 Å². The van der Waals surface area contributed by atoms with E-state index in [1.54, 1.807) is 11.8 Å². The second-order valence-electron chi connectivity index (χ2n) is 7.81. The van der Waals surface area contributed by atoms with Crippen LogP contribution in [0.25, 0.3) is 0 Å². The smallest absolute Gasteiger partial charge is 0.318 e. The molecule has 150 valence electrons. The first kappa shape index (κ1) is 19.6. The Bertz CT molecular complexity index is 631. The highest BCUT2D eigenvalue weighted by Crippen LogP contribution is 2.21. The van der Waals surface area contributed by atoms with Crippen molar-refractivity contribution in [2.45, 2.75) is 77.3 Å². The zero-order valence-electron chi connectivity index (χ0n) is 16.4. The number of nitrogens with zero attached hydrogens (tertiary/aromatic N) is 3. The summed E-state index contributed by atoms with van der Waals surface area (Å²) >= 11 is 0. The lowest BCUT2D eigenvalue weighted by Crippen LogP contribution is -2.48. The van der Waals surface area contributed by atoms with Crippen LogP contribution in [-0.4, -0.2) is 46.1 Å². The first-order valence-electron chi connectivity index (χ1n) is 10.2. The van der Waals surface area contributed by atoms with Gasteiger partial charge in [-0.1, -0.05) is 30.8 Å². The fourth-order valence-corrected chi connectivity index (χ4v) is 3.91. The lowest BCUT2D eigenvalue weighted by Gasteiger charge is -2.32. The number of hydrogen-bond donors (Lipinski definition) is 2. The molecule has 1 atom stereocenters. The van der Waals surface area contributed by atoms with Crippen LogP contribution in [0.2, 0.25) is 0 Å². The number of aryl methyl sites for hydroxylation is 1. The van der Waals surface area contributed by atoms with Gasteiger partial charge in [-0.05, 0) is 39.5 Å². The van der Waals surface area contributed by atoms with Gasteiger partial charge in [0.1, 0.15) is 6.04 Å². The van der Waals surface area contributed by atoms with Crippen LogP contribution >= 0.6 is 0 Å². The van der Waals surface area contributed by atoms with E-state index >= 15 is 0 Å². The van der Waals surface area contributed by atoms with Crippen LogP contribution in [0, 0.1) is 12.8 Å². The van der Waals surface area contributed by atoms with Gasteiger partial charge in [0, 0.05) is 25.0 Å². The Kier molecular flexibility index (Phi) is 6.68. The molecule has 3 rings (SSSR count). The van der Waals surface area contributed by atoms with E-state index in [1.807, 2.05) is 6.92 Å². The second kappa shape index (κ2) is 9.19. The largest absolute Gasteiger partial charge is 0.353 e. The van der Waals surface area contributed by atoms with Gasteiger partial charge in [-0.15, -0.1) is 0 Å². The molecule has 8 heteroatoms. The maximum atomic E-state index is 12.6. The molecule has 3 amide bonds. The summed E-state index contributed by atoms with van der Waals surface area (Å²) in [4.78, 5) is 30.9. The fraction of sp³-hybridized carbons (Fsp3) is 0.789. The molecule has 27 heavy (non-hydrogen) atoms. The van der Waals surface area contributed by atoms with Gasteiger partial charge in [0.05, 0.1) is 0 Å². The van der Waals surface area contributed by atoms with Crippen molar-refractivity contribution in [1.82, 2.24) is 25.7 Å². The topological polar surface area (TPSA) is 100 Å². The second-order valence-corrected chi connectivity index (χ2v) is 7.81. The van der Waals surface area contributed by atoms with Gasteiger partial charge in [0.15, 0.2) is 5.82 Å². The van der Waals surface area contributed by atoms with Crippen LogP contribution < -0.4 is 10.6 Å². The van der Waals surface area contributed by atoms with Crippen molar-refractivity contribution in [3.05, 3.63) is 11.7 Å². The lowest BCUT2D eigenvalue weighted by molar-refractivity contribution is -0.127. The minimum atomic E-state index is -0.338. The van der Waals surface area contributed by atoms with Crippen LogP contribution in [0.1, 0.15) is 76.0 Å². The molecule has 1 unspecified atom stereocenters. The SMILES string of the molecule is Cc1noc(C(C)NC(=O)N2CCC(C(=O)NC3CCCCCC3)CC2)n1. The molecule has 2 aliphatic rings. The Labute approximate surface area is 160 Å². The number of likely N-dealkylation sites (tertiary alicyclic amines) is 1. The maximum Gasteiger partial charge on any atom is 0.318 e.